The first-order valence-corrected chi connectivity index (χ1v) is 11.7. The fourth-order valence-corrected chi connectivity index (χ4v) is 4.77. The lowest BCUT2D eigenvalue weighted by Gasteiger charge is -2.35. The van der Waals surface area contributed by atoms with Crippen molar-refractivity contribution in [2.24, 2.45) is 0 Å². The van der Waals surface area contributed by atoms with E-state index in [1.165, 1.54) is 12.8 Å². The number of piperazine rings is 1. The first-order valence-electron chi connectivity index (χ1n) is 10.9. The van der Waals surface area contributed by atoms with Gasteiger partial charge in [-0.1, -0.05) is 41.4 Å². The lowest BCUT2D eigenvalue weighted by molar-refractivity contribution is -0.122. The van der Waals surface area contributed by atoms with E-state index in [9.17, 15) is 4.79 Å². The number of likely N-dealkylation sites (tertiary alicyclic amines) is 1. The van der Waals surface area contributed by atoms with Crippen molar-refractivity contribution >= 4 is 34.9 Å². The average molecular weight is 462 g/mol. The van der Waals surface area contributed by atoms with Crippen LogP contribution in [-0.4, -0.2) is 73.0 Å². The van der Waals surface area contributed by atoms with E-state index < -0.39 is 0 Å². The first-order chi connectivity index (χ1) is 15.1. The Morgan fingerprint density at radius 2 is 1.74 bits per heavy atom. The average Bonchev–Trinajstić information content (AvgIpc) is 3.31. The number of hydrogen-bond acceptors (Lipinski definition) is 5. The number of rotatable bonds is 7. The van der Waals surface area contributed by atoms with E-state index in [4.69, 9.17) is 23.2 Å². The van der Waals surface area contributed by atoms with Gasteiger partial charge in [-0.3, -0.25) is 14.6 Å². The highest BCUT2D eigenvalue weighted by Crippen LogP contribution is 2.29. The van der Waals surface area contributed by atoms with Crippen LogP contribution in [0.1, 0.15) is 24.4 Å². The van der Waals surface area contributed by atoms with Crippen molar-refractivity contribution in [2.75, 3.05) is 57.3 Å². The SMILES string of the molecule is O=C(CN1CCN(c2ccc(Cl)cn2)CC1)NCC(c1ccccc1Cl)N1CCCC1. The minimum atomic E-state index is 0.0642. The predicted molar refractivity (Wildman–Crippen MR) is 126 cm³/mol. The molecule has 0 bridgehead atoms. The van der Waals surface area contributed by atoms with E-state index >= 15 is 0 Å². The first kappa shape index (κ1) is 22.3. The third kappa shape index (κ3) is 5.89. The van der Waals surface area contributed by atoms with Crippen molar-refractivity contribution in [3.8, 4) is 0 Å². The molecule has 1 aromatic heterocycles. The van der Waals surface area contributed by atoms with Crippen molar-refractivity contribution in [3.05, 3.63) is 58.2 Å². The smallest absolute Gasteiger partial charge is 0.234 e. The van der Waals surface area contributed by atoms with Gasteiger partial charge in [0.2, 0.25) is 5.91 Å². The molecule has 31 heavy (non-hydrogen) atoms. The van der Waals surface area contributed by atoms with Crippen LogP contribution in [0.2, 0.25) is 10.0 Å². The topological polar surface area (TPSA) is 51.7 Å². The number of aromatic nitrogens is 1. The molecule has 1 unspecified atom stereocenters. The van der Waals surface area contributed by atoms with Crippen LogP contribution in [0, 0.1) is 0 Å². The molecule has 1 amide bonds. The van der Waals surface area contributed by atoms with Gasteiger partial charge in [-0.15, -0.1) is 0 Å². The molecule has 1 atom stereocenters. The summed E-state index contributed by atoms with van der Waals surface area (Å²) >= 11 is 12.4. The summed E-state index contributed by atoms with van der Waals surface area (Å²) in [5.41, 5.74) is 1.09. The van der Waals surface area contributed by atoms with E-state index in [0.29, 0.717) is 18.1 Å². The zero-order valence-corrected chi connectivity index (χ0v) is 19.2. The van der Waals surface area contributed by atoms with Gasteiger partial charge in [0.1, 0.15) is 5.82 Å². The molecule has 6 nitrogen and oxygen atoms in total. The second kappa shape index (κ2) is 10.6. The van der Waals surface area contributed by atoms with Gasteiger partial charge in [-0.25, -0.2) is 4.98 Å². The van der Waals surface area contributed by atoms with Crippen molar-refractivity contribution in [3.63, 3.8) is 0 Å². The van der Waals surface area contributed by atoms with Crippen LogP contribution in [-0.2, 0) is 4.79 Å². The summed E-state index contributed by atoms with van der Waals surface area (Å²) in [6.07, 6.45) is 4.07. The van der Waals surface area contributed by atoms with E-state index in [1.807, 2.05) is 30.3 Å². The van der Waals surface area contributed by atoms with Crippen LogP contribution in [0.4, 0.5) is 5.82 Å². The van der Waals surface area contributed by atoms with Gasteiger partial charge in [-0.05, 0) is 49.7 Å². The van der Waals surface area contributed by atoms with Crippen LogP contribution in [0.25, 0.3) is 0 Å². The Balaban J connectivity index is 1.28. The maximum Gasteiger partial charge on any atom is 0.234 e. The minimum absolute atomic E-state index is 0.0642. The molecule has 4 rings (SSSR count). The van der Waals surface area contributed by atoms with Gasteiger partial charge >= 0.3 is 0 Å². The lowest BCUT2D eigenvalue weighted by Crippen LogP contribution is -2.50. The second-order valence-corrected chi connectivity index (χ2v) is 9.03. The maximum absolute atomic E-state index is 12.7. The minimum Gasteiger partial charge on any atom is -0.354 e. The Hall–Kier alpha value is -1.86. The van der Waals surface area contributed by atoms with Crippen LogP contribution in [0.3, 0.4) is 0 Å². The monoisotopic (exact) mass is 461 g/mol. The number of carbonyl (C=O) groups is 1. The molecule has 3 heterocycles. The molecule has 8 heteroatoms. The summed E-state index contributed by atoms with van der Waals surface area (Å²) < 4.78 is 0. The molecule has 2 aliphatic heterocycles. The molecule has 0 spiro atoms. The van der Waals surface area contributed by atoms with Crippen LogP contribution in [0.15, 0.2) is 42.6 Å². The van der Waals surface area contributed by atoms with Crippen LogP contribution in [0.5, 0.6) is 0 Å². The Bertz CT molecular complexity index is 865. The number of amides is 1. The van der Waals surface area contributed by atoms with Crippen LogP contribution >= 0.6 is 23.2 Å². The number of pyridine rings is 1. The fourth-order valence-electron chi connectivity index (χ4n) is 4.39. The van der Waals surface area contributed by atoms with Crippen molar-refractivity contribution in [1.82, 2.24) is 20.1 Å². The molecule has 2 aromatic rings. The predicted octanol–water partition coefficient (Wildman–Crippen LogP) is 3.46. The van der Waals surface area contributed by atoms with Gasteiger partial charge in [-0.2, -0.15) is 0 Å². The summed E-state index contributed by atoms with van der Waals surface area (Å²) in [7, 11) is 0. The van der Waals surface area contributed by atoms with Gasteiger partial charge in [0, 0.05) is 43.9 Å². The standard InChI is InChI=1S/C23H29Cl2N5O/c24-18-7-8-22(26-15-18)30-13-11-28(12-14-30)17-23(31)27-16-21(29-9-3-4-10-29)19-5-1-2-6-20(19)25/h1-2,5-8,15,21H,3-4,9-14,16-17H2,(H,27,31). The van der Waals surface area contributed by atoms with Gasteiger partial charge in [0.15, 0.2) is 0 Å². The lowest BCUT2D eigenvalue weighted by atomic mass is 10.1. The number of nitrogens with one attached hydrogen (secondary N) is 1. The zero-order chi connectivity index (χ0) is 21.6. The Labute approximate surface area is 194 Å². The molecule has 166 valence electrons. The van der Waals surface area contributed by atoms with Crippen LogP contribution < -0.4 is 10.2 Å². The quantitative estimate of drug-likeness (QED) is 0.683. The maximum atomic E-state index is 12.7. The Morgan fingerprint density at radius 1 is 1.00 bits per heavy atom. The van der Waals surface area contributed by atoms with Gasteiger partial charge in [0.05, 0.1) is 17.6 Å². The number of benzene rings is 1. The van der Waals surface area contributed by atoms with E-state index in [0.717, 1.165) is 55.7 Å². The molecule has 0 aliphatic carbocycles. The molecule has 2 aliphatic rings. The second-order valence-electron chi connectivity index (χ2n) is 8.18. The summed E-state index contributed by atoms with van der Waals surface area (Å²) in [6.45, 7) is 6.44. The zero-order valence-electron chi connectivity index (χ0n) is 17.6. The normalized spacial score (nSPS) is 18.8. The van der Waals surface area contributed by atoms with Gasteiger partial charge in [0.25, 0.3) is 0 Å². The molecular weight excluding hydrogens is 433 g/mol. The van der Waals surface area contributed by atoms with E-state index in [2.05, 4.69) is 31.1 Å². The number of halogens is 2. The van der Waals surface area contributed by atoms with Crippen molar-refractivity contribution < 1.29 is 4.79 Å². The van der Waals surface area contributed by atoms with Crippen molar-refractivity contribution in [1.29, 1.82) is 0 Å². The van der Waals surface area contributed by atoms with Gasteiger partial charge < -0.3 is 10.2 Å². The van der Waals surface area contributed by atoms with E-state index in [1.54, 1.807) is 6.20 Å². The molecule has 2 fully saturated rings. The number of nitrogens with zero attached hydrogens (tertiary/aromatic N) is 4. The number of carbonyl (C=O) groups excluding carboxylic acids is 1. The summed E-state index contributed by atoms with van der Waals surface area (Å²) in [4.78, 5) is 23.9. The largest absolute Gasteiger partial charge is 0.354 e. The molecule has 0 saturated carbocycles. The number of anilines is 1. The van der Waals surface area contributed by atoms with Crippen molar-refractivity contribution in [2.45, 2.75) is 18.9 Å². The van der Waals surface area contributed by atoms with E-state index in [-0.39, 0.29) is 11.9 Å². The third-order valence-electron chi connectivity index (χ3n) is 6.11. The summed E-state index contributed by atoms with van der Waals surface area (Å²) in [6, 6.07) is 11.9. The molecule has 1 N–H and O–H groups in total. The highest BCUT2D eigenvalue weighted by Gasteiger charge is 2.26. The highest BCUT2D eigenvalue weighted by molar-refractivity contribution is 6.31. The fraction of sp³-hybridized carbons (Fsp3) is 0.478. The number of hydrogen-bond donors (Lipinski definition) is 1. The molecule has 0 radical (unpaired) electrons. The summed E-state index contributed by atoms with van der Waals surface area (Å²) in [5, 5.41) is 4.57. The molecular formula is C23H29Cl2N5O. The Kier molecular flexibility index (Phi) is 7.67. The summed E-state index contributed by atoms with van der Waals surface area (Å²) in [5.74, 6) is 0.996. The molecule has 1 aromatic carbocycles. The molecule has 2 saturated heterocycles. The highest BCUT2D eigenvalue weighted by atomic mass is 35.5. The Morgan fingerprint density at radius 3 is 2.42 bits per heavy atom. The third-order valence-corrected chi connectivity index (χ3v) is 6.68.